The molecule has 3 N–H and O–H groups in total. The SMILES string of the molecule is CC(C=CC(=O)Nc1ccccc1N)=CC(C)C(=O)C1CCCCC1. The zero-order valence-corrected chi connectivity index (χ0v) is 15.1. The molecule has 0 aliphatic heterocycles. The Morgan fingerprint density at radius 1 is 1.16 bits per heavy atom. The molecule has 0 bridgehead atoms. The summed E-state index contributed by atoms with van der Waals surface area (Å²) in [7, 11) is 0. The van der Waals surface area contributed by atoms with Crippen LogP contribution in [0.15, 0.2) is 48.1 Å². The molecule has 1 atom stereocenters. The summed E-state index contributed by atoms with van der Waals surface area (Å²) in [5.41, 5.74) is 7.84. The number of hydrogen-bond acceptors (Lipinski definition) is 3. The van der Waals surface area contributed by atoms with Gasteiger partial charge < -0.3 is 11.1 Å². The Hall–Kier alpha value is -2.36. The normalized spacial score (nSPS) is 17.4. The maximum absolute atomic E-state index is 12.5. The lowest BCUT2D eigenvalue weighted by Gasteiger charge is -2.22. The third-order valence-corrected chi connectivity index (χ3v) is 4.69. The van der Waals surface area contributed by atoms with E-state index >= 15 is 0 Å². The molecule has 0 saturated heterocycles. The summed E-state index contributed by atoms with van der Waals surface area (Å²) in [6, 6.07) is 7.13. The van der Waals surface area contributed by atoms with E-state index in [1.807, 2.05) is 32.1 Å². The highest BCUT2D eigenvalue weighted by Gasteiger charge is 2.24. The number of nitrogens with two attached hydrogens (primary N) is 1. The van der Waals surface area contributed by atoms with E-state index in [0.29, 0.717) is 17.2 Å². The molecule has 25 heavy (non-hydrogen) atoms. The van der Waals surface area contributed by atoms with Crippen LogP contribution in [0.1, 0.15) is 46.0 Å². The number of amides is 1. The molecule has 4 nitrogen and oxygen atoms in total. The molecule has 0 radical (unpaired) electrons. The number of para-hydroxylation sites is 2. The monoisotopic (exact) mass is 340 g/mol. The molecule has 1 fully saturated rings. The van der Waals surface area contributed by atoms with Gasteiger partial charge >= 0.3 is 0 Å². The molecule has 1 aromatic rings. The van der Waals surface area contributed by atoms with E-state index < -0.39 is 0 Å². The Morgan fingerprint density at radius 3 is 2.52 bits per heavy atom. The lowest BCUT2D eigenvalue weighted by molar-refractivity contribution is -0.125. The molecule has 1 saturated carbocycles. The summed E-state index contributed by atoms with van der Waals surface area (Å²) in [5.74, 6) is 0.188. The van der Waals surface area contributed by atoms with Crippen molar-refractivity contribution in [1.82, 2.24) is 0 Å². The summed E-state index contributed by atoms with van der Waals surface area (Å²) >= 11 is 0. The van der Waals surface area contributed by atoms with Gasteiger partial charge in [0, 0.05) is 17.9 Å². The number of carbonyl (C=O) groups excluding carboxylic acids is 2. The largest absolute Gasteiger partial charge is 0.397 e. The van der Waals surface area contributed by atoms with E-state index in [2.05, 4.69) is 5.32 Å². The van der Waals surface area contributed by atoms with Crippen LogP contribution < -0.4 is 11.1 Å². The van der Waals surface area contributed by atoms with Crippen molar-refractivity contribution in [2.75, 3.05) is 11.1 Å². The summed E-state index contributed by atoms with van der Waals surface area (Å²) < 4.78 is 0. The lowest BCUT2D eigenvalue weighted by Crippen LogP contribution is -2.22. The lowest BCUT2D eigenvalue weighted by atomic mass is 9.82. The number of rotatable bonds is 6. The first-order valence-electron chi connectivity index (χ1n) is 9.03. The fourth-order valence-electron chi connectivity index (χ4n) is 3.28. The number of nitrogen functional groups attached to an aromatic ring is 1. The first-order chi connectivity index (χ1) is 12.0. The Bertz CT molecular complexity index is 670. The molecule has 1 aromatic carbocycles. The smallest absolute Gasteiger partial charge is 0.248 e. The standard InChI is InChI=1S/C21H28N2O2/c1-15(14-16(2)21(25)17-8-4-3-5-9-17)12-13-20(24)23-19-11-7-6-10-18(19)22/h6-7,10-14,16-17H,3-5,8-9,22H2,1-2H3,(H,23,24). The summed E-state index contributed by atoms with van der Waals surface area (Å²) in [6.45, 7) is 3.85. The maximum Gasteiger partial charge on any atom is 0.248 e. The number of nitrogens with one attached hydrogen (secondary N) is 1. The van der Waals surface area contributed by atoms with Crippen molar-refractivity contribution in [3.63, 3.8) is 0 Å². The van der Waals surface area contributed by atoms with Crippen molar-refractivity contribution in [3.05, 3.63) is 48.1 Å². The van der Waals surface area contributed by atoms with E-state index in [0.717, 1.165) is 31.3 Å². The molecule has 1 aliphatic rings. The van der Waals surface area contributed by atoms with E-state index in [1.54, 1.807) is 18.2 Å². The van der Waals surface area contributed by atoms with Crippen LogP contribution in [-0.2, 0) is 9.59 Å². The van der Waals surface area contributed by atoms with Crippen molar-refractivity contribution < 1.29 is 9.59 Å². The van der Waals surface area contributed by atoms with Crippen LogP contribution in [0.3, 0.4) is 0 Å². The first-order valence-corrected chi connectivity index (χ1v) is 9.03. The molecule has 134 valence electrons. The molecule has 1 unspecified atom stereocenters. The van der Waals surface area contributed by atoms with Gasteiger partial charge in [-0.2, -0.15) is 0 Å². The Balaban J connectivity index is 1.90. The van der Waals surface area contributed by atoms with Gasteiger partial charge in [0.2, 0.25) is 5.91 Å². The molecule has 4 heteroatoms. The summed E-state index contributed by atoms with van der Waals surface area (Å²) in [5, 5.41) is 2.75. The van der Waals surface area contributed by atoms with Crippen molar-refractivity contribution in [3.8, 4) is 0 Å². The molecule has 0 aromatic heterocycles. The Labute approximate surface area is 150 Å². The number of Topliss-reactive ketones (excluding diaryl/α,β-unsaturated/α-hetero) is 1. The van der Waals surface area contributed by atoms with Crippen molar-refractivity contribution in [1.29, 1.82) is 0 Å². The van der Waals surface area contributed by atoms with Crippen LogP contribution in [0.4, 0.5) is 11.4 Å². The number of carbonyl (C=O) groups is 2. The predicted octanol–water partition coefficient (Wildman–Crippen LogP) is 4.50. The van der Waals surface area contributed by atoms with Gasteiger partial charge in [0.1, 0.15) is 5.78 Å². The quantitative estimate of drug-likeness (QED) is 0.455. The fraction of sp³-hybridized carbons (Fsp3) is 0.429. The van der Waals surface area contributed by atoms with Crippen molar-refractivity contribution in [2.45, 2.75) is 46.0 Å². The van der Waals surface area contributed by atoms with E-state index in [-0.39, 0.29) is 17.7 Å². The van der Waals surface area contributed by atoms with E-state index in [9.17, 15) is 9.59 Å². The summed E-state index contributed by atoms with van der Waals surface area (Å²) in [6.07, 6.45) is 10.8. The maximum atomic E-state index is 12.5. The van der Waals surface area contributed by atoms with Gasteiger partial charge in [0.25, 0.3) is 0 Å². The Morgan fingerprint density at radius 2 is 1.84 bits per heavy atom. The second kappa shape index (κ2) is 9.21. The average Bonchev–Trinajstić information content (AvgIpc) is 2.62. The van der Waals surface area contributed by atoms with Gasteiger partial charge in [-0.15, -0.1) is 0 Å². The van der Waals surface area contributed by atoms with Gasteiger partial charge in [-0.05, 0) is 31.9 Å². The Kier molecular flexibility index (Phi) is 6.99. The minimum atomic E-state index is -0.239. The highest BCUT2D eigenvalue weighted by Crippen LogP contribution is 2.27. The number of allylic oxidation sites excluding steroid dienone is 3. The van der Waals surface area contributed by atoms with Crippen LogP contribution in [0.25, 0.3) is 0 Å². The van der Waals surface area contributed by atoms with Crippen LogP contribution >= 0.6 is 0 Å². The van der Waals surface area contributed by atoms with Crippen molar-refractivity contribution in [2.24, 2.45) is 11.8 Å². The van der Waals surface area contributed by atoms with E-state index in [1.165, 1.54) is 12.5 Å². The fourth-order valence-corrected chi connectivity index (χ4v) is 3.28. The third kappa shape index (κ3) is 5.89. The van der Waals surface area contributed by atoms with Gasteiger partial charge in [0.05, 0.1) is 11.4 Å². The molecule has 0 heterocycles. The molecular weight excluding hydrogens is 312 g/mol. The number of benzene rings is 1. The topological polar surface area (TPSA) is 72.2 Å². The summed E-state index contributed by atoms with van der Waals surface area (Å²) in [4.78, 5) is 24.5. The highest BCUT2D eigenvalue weighted by atomic mass is 16.1. The minimum absolute atomic E-state index is 0.111. The number of hydrogen-bond donors (Lipinski definition) is 2. The minimum Gasteiger partial charge on any atom is -0.397 e. The van der Waals surface area contributed by atoms with Crippen LogP contribution in [0.5, 0.6) is 0 Å². The van der Waals surface area contributed by atoms with Crippen LogP contribution in [-0.4, -0.2) is 11.7 Å². The second-order valence-corrected chi connectivity index (χ2v) is 6.85. The van der Waals surface area contributed by atoms with Crippen molar-refractivity contribution >= 4 is 23.1 Å². The zero-order chi connectivity index (χ0) is 18.2. The highest BCUT2D eigenvalue weighted by molar-refractivity contribution is 6.01. The van der Waals surface area contributed by atoms with Crippen LogP contribution in [0, 0.1) is 11.8 Å². The molecule has 2 rings (SSSR count). The van der Waals surface area contributed by atoms with Gasteiger partial charge in [-0.1, -0.05) is 56.0 Å². The van der Waals surface area contributed by atoms with Crippen LogP contribution in [0.2, 0.25) is 0 Å². The molecule has 0 spiro atoms. The predicted molar refractivity (Wildman–Crippen MR) is 103 cm³/mol. The molecule has 1 amide bonds. The second-order valence-electron chi connectivity index (χ2n) is 6.85. The molecular formula is C21H28N2O2. The first kappa shape index (κ1) is 19.0. The number of ketones is 1. The third-order valence-electron chi connectivity index (χ3n) is 4.69. The van der Waals surface area contributed by atoms with Gasteiger partial charge in [0.15, 0.2) is 0 Å². The van der Waals surface area contributed by atoms with Gasteiger partial charge in [-0.3, -0.25) is 9.59 Å². The van der Waals surface area contributed by atoms with Gasteiger partial charge in [-0.25, -0.2) is 0 Å². The average molecular weight is 340 g/mol. The van der Waals surface area contributed by atoms with E-state index in [4.69, 9.17) is 5.73 Å². The zero-order valence-electron chi connectivity index (χ0n) is 15.1. The number of anilines is 2. The molecule has 1 aliphatic carbocycles.